The first-order chi connectivity index (χ1) is 14.6. The Bertz CT molecular complexity index is 1370. The van der Waals surface area contributed by atoms with Gasteiger partial charge in [-0.05, 0) is 12.1 Å². The van der Waals surface area contributed by atoms with Crippen LogP contribution in [0.5, 0.6) is 0 Å². The zero-order valence-electron chi connectivity index (χ0n) is 17.0. The minimum absolute atomic E-state index is 0.264. The number of carbonyl (C=O) groups is 1. The molecule has 0 unspecified atom stereocenters. The quantitative estimate of drug-likeness (QED) is 0.361. The Hall–Kier alpha value is -3.73. The van der Waals surface area contributed by atoms with Gasteiger partial charge >= 0.3 is 5.97 Å². The standard InChI is InChI=1S/C25H22N2O3/c1-17(28)30-12-11-27-14-21(19-8-4-6-10-25(19)27)23-16-29-15-22(23)20-13-26(2)24-9-5-3-7-18(20)24/h3-10,13-16H,11-12H2,1-2H3. The summed E-state index contributed by atoms with van der Waals surface area (Å²) in [5.41, 5.74) is 6.65. The summed E-state index contributed by atoms with van der Waals surface area (Å²) in [4.78, 5) is 11.2. The Morgan fingerprint density at radius 2 is 1.47 bits per heavy atom. The first-order valence-corrected chi connectivity index (χ1v) is 9.95. The van der Waals surface area contributed by atoms with Crippen molar-refractivity contribution in [1.29, 1.82) is 0 Å². The van der Waals surface area contributed by atoms with Crippen LogP contribution < -0.4 is 0 Å². The van der Waals surface area contributed by atoms with E-state index in [1.807, 2.05) is 24.7 Å². The van der Waals surface area contributed by atoms with Crippen molar-refractivity contribution in [2.75, 3.05) is 6.61 Å². The van der Waals surface area contributed by atoms with Crippen LogP contribution in [0, 0.1) is 0 Å². The minimum atomic E-state index is -0.264. The number of hydrogen-bond acceptors (Lipinski definition) is 3. The molecule has 5 heteroatoms. The molecule has 5 nitrogen and oxygen atoms in total. The molecule has 150 valence electrons. The van der Waals surface area contributed by atoms with Gasteiger partial charge in [0.15, 0.2) is 0 Å². The number of fused-ring (bicyclic) bond motifs is 2. The number of carbonyl (C=O) groups excluding carboxylic acids is 1. The predicted octanol–water partition coefficient (Wildman–Crippen LogP) is 5.62. The fraction of sp³-hybridized carbons (Fsp3) is 0.160. The average Bonchev–Trinajstić information content (AvgIpc) is 3.44. The van der Waals surface area contributed by atoms with Crippen molar-refractivity contribution in [3.63, 3.8) is 0 Å². The van der Waals surface area contributed by atoms with Crippen molar-refractivity contribution in [1.82, 2.24) is 9.13 Å². The van der Waals surface area contributed by atoms with Gasteiger partial charge in [-0.3, -0.25) is 4.79 Å². The molecule has 0 aliphatic rings. The van der Waals surface area contributed by atoms with E-state index >= 15 is 0 Å². The topological polar surface area (TPSA) is 49.3 Å². The molecule has 0 saturated carbocycles. The molecule has 0 bridgehead atoms. The zero-order chi connectivity index (χ0) is 20.7. The highest BCUT2D eigenvalue weighted by atomic mass is 16.5. The van der Waals surface area contributed by atoms with Crippen molar-refractivity contribution in [2.24, 2.45) is 7.05 Å². The molecule has 30 heavy (non-hydrogen) atoms. The zero-order valence-corrected chi connectivity index (χ0v) is 17.0. The summed E-state index contributed by atoms with van der Waals surface area (Å²) < 4.78 is 15.1. The van der Waals surface area contributed by atoms with Gasteiger partial charge in [-0.15, -0.1) is 0 Å². The maximum absolute atomic E-state index is 11.2. The summed E-state index contributed by atoms with van der Waals surface area (Å²) >= 11 is 0. The van der Waals surface area contributed by atoms with Crippen molar-refractivity contribution < 1.29 is 13.9 Å². The smallest absolute Gasteiger partial charge is 0.302 e. The Balaban J connectivity index is 1.64. The Morgan fingerprint density at radius 1 is 0.867 bits per heavy atom. The van der Waals surface area contributed by atoms with E-state index in [9.17, 15) is 4.79 Å². The SMILES string of the molecule is CC(=O)OCCn1cc(-c2cocc2-c2cn(C)c3ccccc23)c2ccccc21. The Kier molecular flexibility index (Phi) is 4.43. The first-order valence-electron chi connectivity index (χ1n) is 9.95. The monoisotopic (exact) mass is 398 g/mol. The molecule has 0 saturated heterocycles. The van der Waals surface area contributed by atoms with Crippen LogP contribution in [0.3, 0.4) is 0 Å². The molecular weight excluding hydrogens is 376 g/mol. The fourth-order valence-corrected chi connectivity index (χ4v) is 4.20. The lowest BCUT2D eigenvalue weighted by molar-refractivity contribution is -0.141. The molecule has 0 radical (unpaired) electrons. The maximum atomic E-state index is 11.2. The van der Waals surface area contributed by atoms with E-state index in [4.69, 9.17) is 9.15 Å². The van der Waals surface area contributed by atoms with Crippen LogP contribution in [0.1, 0.15) is 6.92 Å². The second kappa shape index (κ2) is 7.26. The van der Waals surface area contributed by atoms with Crippen LogP contribution in [-0.2, 0) is 23.1 Å². The summed E-state index contributed by atoms with van der Waals surface area (Å²) in [6, 6.07) is 16.7. The number of benzene rings is 2. The van der Waals surface area contributed by atoms with Crippen LogP contribution in [-0.4, -0.2) is 21.7 Å². The molecule has 0 aliphatic carbocycles. The van der Waals surface area contributed by atoms with E-state index in [1.54, 1.807) is 0 Å². The van der Waals surface area contributed by atoms with Crippen molar-refractivity contribution in [3.05, 3.63) is 73.5 Å². The molecule has 0 spiro atoms. The molecule has 3 aromatic heterocycles. The van der Waals surface area contributed by atoms with Crippen LogP contribution in [0.2, 0.25) is 0 Å². The highest BCUT2D eigenvalue weighted by molar-refractivity contribution is 6.04. The van der Waals surface area contributed by atoms with Crippen LogP contribution in [0.25, 0.3) is 44.1 Å². The molecule has 3 heterocycles. The van der Waals surface area contributed by atoms with Crippen molar-refractivity contribution in [3.8, 4) is 22.3 Å². The van der Waals surface area contributed by atoms with E-state index in [2.05, 4.69) is 65.0 Å². The number of aryl methyl sites for hydroxylation is 1. The highest BCUT2D eigenvalue weighted by Crippen LogP contribution is 2.40. The molecule has 5 aromatic rings. The van der Waals surface area contributed by atoms with Gasteiger partial charge in [0.2, 0.25) is 0 Å². The summed E-state index contributed by atoms with van der Waals surface area (Å²) in [6.07, 6.45) is 7.91. The van der Waals surface area contributed by atoms with E-state index < -0.39 is 0 Å². The van der Waals surface area contributed by atoms with Gasteiger partial charge in [-0.1, -0.05) is 36.4 Å². The Morgan fingerprint density at radius 3 is 2.17 bits per heavy atom. The van der Waals surface area contributed by atoms with Gasteiger partial charge < -0.3 is 18.3 Å². The van der Waals surface area contributed by atoms with Gasteiger partial charge in [0.1, 0.15) is 6.61 Å². The minimum Gasteiger partial charge on any atom is -0.471 e. The van der Waals surface area contributed by atoms with Crippen LogP contribution in [0.4, 0.5) is 0 Å². The van der Waals surface area contributed by atoms with E-state index in [-0.39, 0.29) is 5.97 Å². The molecular formula is C25H22N2O3. The van der Waals surface area contributed by atoms with E-state index in [0.29, 0.717) is 13.2 Å². The number of ether oxygens (including phenoxy) is 1. The summed E-state index contributed by atoms with van der Waals surface area (Å²) in [6.45, 7) is 2.37. The number of esters is 1. The van der Waals surface area contributed by atoms with Gasteiger partial charge in [-0.25, -0.2) is 0 Å². The van der Waals surface area contributed by atoms with Crippen LogP contribution >= 0.6 is 0 Å². The average molecular weight is 398 g/mol. The van der Waals surface area contributed by atoms with Crippen molar-refractivity contribution >= 4 is 27.8 Å². The van der Waals surface area contributed by atoms with Gasteiger partial charge in [0.05, 0.1) is 19.1 Å². The molecule has 0 N–H and O–H groups in total. The third-order valence-corrected chi connectivity index (χ3v) is 5.57. The normalized spacial score (nSPS) is 11.4. The third-order valence-electron chi connectivity index (χ3n) is 5.57. The number of rotatable bonds is 5. The number of furan rings is 1. The first kappa shape index (κ1) is 18.3. The lowest BCUT2D eigenvalue weighted by atomic mass is 9.98. The second-order valence-corrected chi connectivity index (χ2v) is 7.46. The number of nitrogens with zero attached hydrogens (tertiary/aromatic N) is 2. The van der Waals surface area contributed by atoms with E-state index in [0.717, 1.165) is 33.2 Å². The van der Waals surface area contributed by atoms with E-state index in [1.165, 1.54) is 17.8 Å². The molecule has 0 fully saturated rings. The maximum Gasteiger partial charge on any atom is 0.302 e. The third kappa shape index (κ3) is 2.99. The number of aromatic nitrogens is 2. The number of para-hydroxylation sites is 2. The molecule has 5 rings (SSSR count). The summed E-state index contributed by atoms with van der Waals surface area (Å²) in [5.74, 6) is -0.264. The lowest BCUT2D eigenvalue weighted by Gasteiger charge is -2.05. The van der Waals surface area contributed by atoms with Gasteiger partial charge in [-0.2, -0.15) is 0 Å². The fourth-order valence-electron chi connectivity index (χ4n) is 4.20. The molecule has 0 amide bonds. The lowest BCUT2D eigenvalue weighted by Crippen LogP contribution is -2.07. The largest absolute Gasteiger partial charge is 0.471 e. The van der Waals surface area contributed by atoms with Crippen LogP contribution in [0.15, 0.2) is 77.9 Å². The predicted molar refractivity (Wildman–Crippen MR) is 118 cm³/mol. The van der Waals surface area contributed by atoms with Gasteiger partial charge in [0, 0.05) is 70.4 Å². The summed E-state index contributed by atoms with van der Waals surface area (Å²) in [5, 5.41) is 2.34. The van der Waals surface area contributed by atoms with Gasteiger partial charge in [0.25, 0.3) is 0 Å². The number of hydrogen-bond donors (Lipinski definition) is 0. The highest BCUT2D eigenvalue weighted by Gasteiger charge is 2.19. The second-order valence-electron chi connectivity index (χ2n) is 7.46. The molecule has 0 atom stereocenters. The summed E-state index contributed by atoms with van der Waals surface area (Å²) in [7, 11) is 2.06. The molecule has 2 aromatic carbocycles. The Labute approximate surface area is 174 Å². The molecule has 0 aliphatic heterocycles. The van der Waals surface area contributed by atoms with Crippen molar-refractivity contribution in [2.45, 2.75) is 13.5 Å².